The smallest absolute Gasteiger partial charge is 0.254 e. The van der Waals surface area contributed by atoms with Crippen LogP contribution in [0.1, 0.15) is 39.1 Å². The lowest BCUT2D eigenvalue weighted by molar-refractivity contribution is -0.130. The Labute approximate surface area is 244 Å². The number of carbonyl (C=O) groups is 2. The molecule has 1 N–H and O–H groups in total. The molecular formula is C28H27FN6O4S2. The Balaban J connectivity index is 1.30. The molecule has 0 aliphatic carbocycles. The Bertz CT molecular complexity index is 1590. The molecule has 0 unspecified atom stereocenters. The van der Waals surface area contributed by atoms with Crippen LogP contribution in [-0.2, 0) is 18.4 Å². The number of ether oxygens (including phenoxy) is 2. The summed E-state index contributed by atoms with van der Waals surface area (Å²) in [5, 5.41) is 19.7. The van der Waals surface area contributed by atoms with Crippen molar-refractivity contribution in [2.45, 2.75) is 24.2 Å². The van der Waals surface area contributed by atoms with E-state index in [9.17, 15) is 14.0 Å². The Morgan fingerprint density at radius 1 is 1.10 bits per heavy atom. The third-order valence-electron chi connectivity index (χ3n) is 6.54. The molecule has 1 atom stereocenters. The van der Waals surface area contributed by atoms with E-state index in [0.717, 1.165) is 16.2 Å². The number of amides is 2. The number of halogens is 1. The summed E-state index contributed by atoms with van der Waals surface area (Å²) in [6.07, 6.45) is 0.524. The maximum atomic E-state index is 13.9. The maximum absolute atomic E-state index is 13.9. The second-order valence-electron chi connectivity index (χ2n) is 8.97. The highest BCUT2D eigenvalue weighted by Crippen LogP contribution is 2.42. The number of para-hydroxylation sites is 1. The van der Waals surface area contributed by atoms with Gasteiger partial charge in [-0.3, -0.25) is 9.59 Å². The van der Waals surface area contributed by atoms with E-state index in [1.54, 1.807) is 43.2 Å². The highest BCUT2D eigenvalue weighted by Gasteiger charge is 2.36. The predicted octanol–water partition coefficient (Wildman–Crippen LogP) is 4.43. The van der Waals surface area contributed by atoms with Crippen LogP contribution in [0.4, 0.5) is 4.39 Å². The van der Waals surface area contributed by atoms with Crippen molar-refractivity contribution < 1.29 is 23.5 Å². The van der Waals surface area contributed by atoms with Gasteiger partial charge in [0.25, 0.3) is 11.8 Å². The van der Waals surface area contributed by atoms with Gasteiger partial charge in [0, 0.05) is 19.0 Å². The second kappa shape index (κ2) is 12.5. The zero-order chi connectivity index (χ0) is 28.9. The van der Waals surface area contributed by atoms with E-state index in [2.05, 4.69) is 15.5 Å². The van der Waals surface area contributed by atoms with Gasteiger partial charge in [-0.15, -0.1) is 21.5 Å². The first-order valence-corrected chi connectivity index (χ1v) is 14.5. The quantitative estimate of drug-likeness (QED) is 0.271. The van der Waals surface area contributed by atoms with E-state index in [1.807, 2.05) is 35.7 Å². The molecule has 1 aliphatic rings. The van der Waals surface area contributed by atoms with Gasteiger partial charge in [0.15, 0.2) is 22.5 Å². The summed E-state index contributed by atoms with van der Waals surface area (Å²) in [4.78, 5) is 26.9. The van der Waals surface area contributed by atoms with Crippen LogP contribution in [0.5, 0.6) is 11.5 Å². The Kier molecular flexibility index (Phi) is 8.64. The molecule has 0 bridgehead atoms. The molecule has 2 aromatic carbocycles. The number of benzene rings is 2. The van der Waals surface area contributed by atoms with Gasteiger partial charge >= 0.3 is 0 Å². The van der Waals surface area contributed by atoms with E-state index in [0.29, 0.717) is 28.9 Å². The predicted molar refractivity (Wildman–Crippen MR) is 154 cm³/mol. The number of nitrogens with one attached hydrogen (secondary N) is 1. The minimum Gasteiger partial charge on any atom is -0.493 e. The summed E-state index contributed by atoms with van der Waals surface area (Å²) < 4.78 is 26.8. The normalized spacial score (nSPS) is 14.6. The molecular weight excluding hydrogens is 567 g/mol. The number of thiophene rings is 1. The first-order chi connectivity index (χ1) is 19.9. The molecule has 3 heterocycles. The number of methoxy groups -OCH3 is 2. The number of carbonyl (C=O) groups excluding carboxylic acids is 2. The van der Waals surface area contributed by atoms with E-state index < -0.39 is 11.7 Å². The summed E-state index contributed by atoms with van der Waals surface area (Å²) in [7, 11) is 4.89. The van der Waals surface area contributed by atoms with E-state index >= 15 is 0 Å². The van der Waals surface area contributed by atoms with E-state index in [-0.39, 0.29) is 29.8 Å². The van der Waals surface area contributed by atoms with Crippen molar-refractivity contribution in [3.63, 3.8) is 0 Å². The molecule has 5 rings (SSSR count). The number of thioether (sulfide) groups is 1. The summed E-state index contributed by atoms with van der Waals surface area (Å²) in [5.74, 6) is 0.278. The van der Waals surface area contributed by atoms with E-state index in [1.165, 1.54) is 35.0 Å². The molecule has 0 saturated carbocycles. The number of rotatable bonds is 10. The van der Waals surface area contributed by atoms with Crippen LogP contribution >= 0.6 is 23.1 Å². The Hall–Kier alpha value is -4.23. The molecule has 0 fully saturated rings. The van der Waals surface area contributed by atoms with E-state index in [4.69, 9.17) is 14.6 Å². The minimum atomic E-state index is -0.602. The monoisotopic (exact) mass is 594 g/mol. The lowest BCUT2D eigenvalue weighted by atomic mass is 9.99. The molecule has 1 aliphatic heterocycles. The van der Waals surface area contributed by atoms with Crippen LogP contribution in [-0.4, -0.2) is 57.3 Å². The molecule has 13 heteroatoms. The topological polar surface area (TPSA) is 111 Å². The average molecular weight is 595 g/mol. The fourth-order valence-electron chi connectivity index (χ4n) is 4.47. The van der Waals surface area contributed by atoms with Gasteiger partial charge in [-0.2, -0.15) is 5.10 Å². The number of hydrogen-bond donors (Lipinski definition) is 1. The van der Waals surface area contributed by atoms with Crippen molar-refractivity contribution >= 4 is 40.6 Å². The molecule has 0 spiro atoms. The zero-order valence-corrected chi connectivity index (χ0v) is 24.2. The maximum Gasteiger partial charge on any atom is 0.254 e. The largest absolute Gasteiger partial charge is 0.493 e. The molecule has 2 amide bonds. The van der Waals surface area contributed by atoms with Gasteiger partial charge in [-0.25, -0.2) is 9.40 Å². The number of hydrazone groups is 1. The van der Waals surface area contributed by atoms with Crippen molar-refractivity contribution in [3.05, 3.63) is 87.6 Å². The minimum absolute atomic E-state index is 0.0451. The SMILES string of the molecule is COc1cccc([C@@H]2CC(c3cccs3)=NN2C(=O)CSc2nnc(CNC(=O)c3ccccc3F)n2C)c1OC. The number of aromatic nitrogens is 3. The Morgan fingerprint density at radius 2 is 1.93 bits per heavy atom. The molecule has 10 nitrogen and oxygen atoms in total. The first-order valence-electron chi connectivity index (χ1n) is 12.6. The number of nitrogens with zero attached hydrogens (tertiary/aromatic N) is 5. The van der Waals surface area contributed by atoms with Crippen molar-refractivity contribution in [3.8, 4) is 11.5 Å². The van der Waals surface area contributed by atoms with Gasteiger partial charge in [0.05, 0.1) is 48.7 Å². The Morgan fingerprint density at radius 3 is 2.66 bits per heavy atom. The van der Waals surface area contributed by atoms with Crippen LogP contribution in [0.2, 0.25) is 0 Å². The molecule has 41 heavy (non-hydrogen) atoms. The molecule has 4 aromatic rings. The highest BCUT2D eigenvalue weighted by molar-refractivity contribution is 7.99. The lowest BCUT2D eigenvalue weighted by Gasteiger charge is -2.24. The van der Waals surface area contributed by atoms with Gasteiger partial charge < -0.3 is 19.4 Å². The van der Waals surface area contributed by atoms with Gasteiger partial charge in [-0.05, 0) is 29.6 Å². The van der Waals surface area contributed by atoms with Gasteiger partial charge in [0.2, 0.25) is 0 Å². The van der Waals surface area contributed by atoms with Crippen molar-refractivity contribution in [1.82, 2.24) is 25.1 Å². The van der Waals surface area contributed by atoms with Crippen molar-refractivity contribution in [2.75, 3.05) is 20.0 Å². The standard InChI is InChI=1S/C28H27FN6O4S2/c1-34-24(15-30-27(37)17-8-4-5-10-19(17)29)31-32-28(34)41-16-25(36)35-21(14-20(33-35)23-12-7-13-40-23)18-9-6-11-22(38-2)26(18)39-3/h4-13,21H,14-16H2,1-3H3,(H,30,37)/t21-/m0/s1. The van der Waals surface area contributed by atoms with Crippen LogP contribution in [0.15, 0.2) is 70.2 Å². The van der Waals surface area contributed by atoms with Crippen molar-refractivity contribution in [1.29, 1.82) is 0 Å². The fourth-order valence-corrected chi connectivity index (χ4v) is 5.97. The third kappa shape index (κ3) is 5.95. The summed E-state index contributed by atoms with van der Waals surface area (Å²) >= 11 is 2.78. The summed E-state index contributed by atoms with van der Waals surface area (Å²) in [6.45, 7) is 0.0451. The molecule has 0 saturated heterocycles. The lowest BCUT2D eigenvalue weighted by Crippen LogP contribution is -2.29. The summed E-state index contributed by atoms with van der Waals surface area (Å²) in [6, 6.07) is 14.9. The first kappa shape index (κ1) is 28.3. The van der Waals surface area contributed by atoms with Crippen LogP contribution in [0.25, 0.3) is 0 Å². The van der Waals surface area contributed by atoms with Crippen molar-refractivity contribution in [2.24, 2.45) is 12.1 Å². The van der Waals surface area contributed by atoms with Gasteiger partial charge in [-0.1, -0.05) is 42.1 Å². The van der Waals surface area contributed by atoms with Crippen LogP contribution in [0, 0.1) is 5.82 Å². The van der Waals surface area contributed by atoms with Gasteiger partial charge in [0.1, 0.15) is 5.82 Å². The van der Waals surface area contributed by atoms with Crippen LogP contribution in [0.3, 0.4) is 0 Å². The highest BCUT2D eigenvalue weighted by atomic mass is 32.2. The molecule has 2 aromatic heterocycles. The third-order valence-corrected chi connectivity index (χ3v) is 8.46. The second-order valence-corrected chi connectivity index (χ2v) is 10.9. The number of hydrogen-bond acceptors (Lipinski definition) is 9. The average Bonchev–Trinajstić information content (AvgIpc) is 3.75. The fraction of sp³-hybridized carbons (Fsp3) is 0.250. The summed E-state index contributed by atoms with van der Waals surface area (Å²) in [5.41, 5.74) is 1.57. The molecule has 212 valence electrons. The van der Waals surface area contributed by atoms with Crippen LogP contribution < -0.4 is 14.8 Å². The molecule has 0 radical (unpaired) electrons. The zero-order valence-electron chi connectivity index (χ0n) is 22.5.